The van der Waals surface area contributed by atoms with Crippen LogP contribution in [0.1, 0.15) is 17.5 Å². The second kappa shape index (κ2) is 9.49. The van der Waals surface area contributed by atoms with Gasteiger partial charge in [0.1, 0.15) is 0 Å². The molecule has 3 N–H and O–H groups in total. The second-order valence-electron chi connectivity index (χ2n) is 5.42. The lowest BCUT2D eigenvalue weighted by Crippen LogP contribution is -2.42. The molecule has 0 saturated carbocycles. The quantitative estimate of drug-likeness (QED) is 0.636. The molecule has 0 bridgehead atoms. The Morgan fingerprint density at radius 2 is 1.60 bits per heavy atom. The van der Waals surface area contributed by atoms with E-state index in [1.54, 1.807) is 24.3 Å². The van der Waals surface area contributed by atoms with Crippen molar-refractivity contribution in [2.24, 2.45) is 0 Å². The topological polar surface area (TPSA) is 70.2 Å². The van der Waals surface area contributed by atoms with E-state index in [9.17, 15) is 9.59 Å². The highest BCUT2D eigenvalue weighted by molar-refractivity contribution is 6.30. The number of hydrogen-bond donors (Lipinski definition) is 3. The van der Waals surface area contributed by atoms with Crippen molar-refractivity contribution in [2.75, 3.05) is 6.54 Å². The number of nitrogens with one attached hydrogen (secondary N) is 3. The monoisotopic (exact) mass is 357 g/mol. The number of carbonyl (C=O) groups excluding carboxylic acids is 2. The molecule has 5 nitrogen and oxygen atoms in total. The van der Waals surface area contributed by atoms with Crippen molar-refractivity contribution < 1.29 is 9.59 Å². The number of benzene rings is 2. The first kappa shape index (κ1) is 18.5. The average Bonchev–Trinajstić information content (AvgIpc) is 2.64. The number of aryl methyl sites for hydroxylation is 1. The van der Waals surface area contributed by atoms with Crippen LogP contribution in [0, 0.1) is 0 Å². The molecule has 0 aliphatic heterocycles. The lowest BCUT2D eigenvalue weighted by molar-refractivity contribution is -0.126. The van der Waals surface area contributed by atoms with E-state index in [2.05, 4.69) is 22.7 Å². The van der Waals surface area contributed by atoms with Crippen molar-refractivity contribution in [3.05, 3.63) is 77.3 Å². The highest BCUT2D eigenvalue weighted by Gasteiger charge is 2.06. The standard InChI is InChI=1S/C19H20ClN3O2/c1-14(16-8-10-17(20)11-9-16)22-23-19(25)13-21-18(24)12-7-15-5-3-2-4-6-15/h2-6,8-11,22H,1,7,12-13H2,(H,21,24)(H,23,25). The summed E-state index contributed by atoms with van der Waals surface area (Å²) in [5, 5.41) is 3.21. The molecule has 0 heterocycles. The van der Waals surface area contributed by atoms with Crippen LogP contribution in [0.2, 0.25) is 5.02 Å². The molecule has 2 rings (SSSR count). The maximum Gasteiger partial charge on any atom is 0.257 e. The highest BCUT2D eigenvalue weighted by atomic mass is 35.5. The minimum Gasteiger partial charge on any atom is -0.347 e. The van der Waals surface area contributed by atoms with E-state index >= 15 is 0 Å². The van der Waals surface area contributed by atoms with Crippen molar-refractivity contribution in [1.82, 2.24) is 16.2 Å². The smallest absolute Gasteiger partial charge is 0.257 e. The number of hydrogen-bond acceptors (Lipinski definition) is 3. The third kappa shape index (κ3) is 6.69. The van der Waals surface area contributed by atoms with E-state index in [0.717, 1.165) is 11.1 Å². The summed E-state index contributed by atoms with van der Waals surface area (Å²) in [6.07, 6.45) is 0.974. The van der Waals surface area contributed by atoms with Crippen molar-refractivity contribution in [1.29, 1.82) is 0 Å². The highest BCUT2D eigenvalue weighted by Crippen LogP contribution is 2.13. The Hall–Kier alpha value is -2.79. The molecule has 25 heavy (non-hydrogen) atoms. The molecule has 0 atom stereocenters. The molecule has 6 heteroatoms. The van der Waals surface area contributed by atoms with Crippen LogP contribution in [-0.2, 0) is 16.0 Å². The fraction of sp³-hybridized carbons (Fsp3) is 0.158. The van der Waals surface area contributed by atoms with E-state index in [1.807, 2.05) is 30.3 Å². The van der Waals surface area contributed by atoms with Gasteiger partial charge in [-0.25, -0.2) is 0 Å². The van der Waals surface area contributed by atoms with Gasteiger partial charge in [-0.1, -0.05) is 60.6 Å². The van der Waals surface area contributed by atoms with Crippen molar-refractivity contribution in [2.45, 2.75) is 12.8 Å². The van der Waals surface area contributed by atoms with Gasteiger partial charge in [0.2, 0.25) is 5.91 Å². The normalized spacial score (nSPS) is 9.96. The number of carbonyl (C=O) groups is 2. The fourth-order valence-electron chi connectivity index (χ4n) is 2.08. The van der Waals surface area contributed by atoms with E-state index in [0.29, 0.717) is 23.6 Å². The number of rotatable bonds is 8. The van der Waals surface area contributed by atoms with E-state index in [-0.39, 0.29) is 18.4 Å². The molecule has 0 saturated heterocycles. The number of amides is 2. The predicted molar refractivity (Wildman–Crippen MR) is 99.5 cm³/mol. The van der Waals surface area contributed by atoms with Gasteiger partial charge in [-0.05, 0) is 29.7 Å². The van der Waals surface area contributed by atoms with Crippen molar-refractivity contribution in [3.8, 4) is 0 Å². The maximum atomic E-state index is 11.8. The van der Waals surface area contributed by atoms with Gasteiger partial charge in [0.25, 0.3) is 5.91 Å². The van der Waals surface area contributed by atoms with Crippen LogP contribution >= 0.6 is 11.6 Å². The molecule has 0 aliphatic rings. The summed E-state index contributed by atoms with van der Waals surface area (Å²) < 4.78 is 0. The zero-order valence-corrected chi connectivity index (χ0v) is 14.5. The van der Waals surface area contributed by atoms with Crippen LogP contribution in [0.5, 0.6) is 0 Å². The van der Waals surface area contributed by atoms with Gasteiger partial charge in [0.05, 0.1) is 12.2 Å². The second-order valence-corrected chi connectivity index (χ2v) is 5.86. The molecule has 0 aromatic heterocycles. The minimum atomic E-state index is -0.358. The third-order valence-electron chi connectivity index (χ3n) is 3.48. The van der Waals surface area contributed by atoms with Gasteiger partial charge in [0, 0.05) is 11.4 Å². The van der Waals surface area contributed by atoms with Crippen LogP contribution < -0.4 is 16.2 Å². The van der Waals surface area contributed by atoms with Crippen LogP contribution in [0.3, 0.4) is 0 Å². The fourth-order valence-corrected chi connectivity index (χ4v) is 2.21. The Balaban J connectivity index is 1.65. The van der Waals surface area contributed by atoms with Gasteiger partial charge in [0.15, 0.2) is 0 Å². The summed E-state index contributed by atoms with van der Waals surface area (Å²) in [4.78, 5) is 23.5. The number of hydrazine groups is 1. The Morgan fingerprint density at radius 1 is 0.920 bits per heavy atom. The number of halogens is 1. The summed E-state index contributed by atoms with van der Waals surface area (Å²) >= 11 is 5.82. The average molecular weight is 358 g/mol. The molecule has 0 aliphatic carbocycles. The Labute approximate surface area is 152 Å². The molecular formula is C19H20ClN3O2. The van der Waals surface area contributed by atoms with Crippen LogP contribution in [0.4, 0.5) is 0 Å². The van der Waals surface area contributed by atoms with Crippen molar-refractivity contribution in [3.63, 3.8) is 0 Å². The summed E-state index contributed by atoms with van der Waals surface area (Å²) in [6, 6.07) is 16.8. The summed E-state index contributed by atoms with van der Waals surface area (Å²) in [5.41, 5.74) is 7.62. The van der Waals surface area contributed by atoms with Gasteiger partial charge < -0.3 is 5.32 Å². The first-order chi connectivity index (χ1) is 12.0. The largest absolute Gasteiger partial charge is 0.347 e. The lowest BCUT2D eigenvalue weighted by atomic mass is 10.1. The van der Waals surface area contributed by atoms with Gasteiger partial charge in [-0.3, -0.25) is 20.4 Å². The van der Waals surface area contributed by atoms with Crippen LogP contribution in [-0.4, -0.2) is 18.4 Å². The molecule has 0 radical (unpaired) electrons. The molecule has 2 aromatic carbocycles. The summed E-state index contributed by atoms with van der Waals surface area (Å²) in [5.74, 6) is -0.529. The SMILES string of the molecule is C=C(NNC(=O)CNC(=O)CCc1ccccc1)c1ccc(Cl)cc1. The molecule has 130 valence electrons. The molecule has 0 spiro atoms. The van der Waals surface area contributed by atoms with E-state index < -0.39 is 0 Å². The first-order valence-electron chi connectivity index (χ1n) is 7.85. The Kier molecular flexibility index (Phi) is 7.04. The molecular weight excluding hydrogens is 338 g/mol. The molecule has 0 unspecified atom stereocenters. The lowest BCUT2D eigenvalue weighted by Gasteiger charge is -2.12. The van der Waals surface area contributed by atoms with E-state index in [1.165, 1.54) is 0 Å². The van der Waals surface area contributed by atoms with Gasteiger partial charge >= 0.3 is 0 Å². The van der Waals surface area contributed by atoms with Crippen molar-refractivity contribution >= 4 is 29.1 Å². The maximum absolute atomic E-state index is 11.8. The predicted octanol–water partition coefficient (Wildman–Crippen LogP) is 2.68. The zero-order valence-electron chi connectivity index (χ0n) is 13.7. The summed E-state index contributed by atoms with van der Waals surface area (Å²) in [6.45, 7) is 3.73. The molecule has 2 amide bonds. The minimum absolute atomic E-state index is 0.103. The third-order valence-corrected chi connectivity index (χ3v) is 3.73. The van der Waals surface area contributed by atoms with Gasteiger partial charge in [-0.2, -0.15) is 0 Å². The first-order valence-corrected chi connectivity index (χ1v) is 8.23. The van der Waals surface area contributed by atoms with Crippen LogP contribution in [0.25, 0.3) is 5.70 Å². The van der Waals surface area contributed by atoms with Gasteiger partial charge in [-0.15, -0.1) is 0 Å². The summed E-state index contributed by atoms with van der Waals surface area (Å²) in [7, 11) is 0. The van der Waals surface area contributed by atoms with E-state index in [4.69, 9.17) is 11.6 Å². The zero-order chi connectivity index (χ0) is 18.1. The Bertz CT molecular complexity index is 730. The molecule has 2 aromatic rings. The Morgan fingerprint density at radius 3 is 2.28 bits per heavy atom. The van der Waals surface area contributed by atoms with Crippen LogP contribution in [0.15, 0.2) is 61.2 Å². The molecule has 0 fully saturated rings.